The van der Waals surface area contributed by atoms with Gasteiger partial charge in [0.1, 0.15) is 11.5 Å². The van der Waals surface area contributed by atoms with Gasteiger partial charge in [0, 0.05) is 41.9 Å². The molecule has 9 nitrogen and oxygen atoms in total. The third-order valence-electron chi connectivity index (χ3n) is 5.89. The molecule has 1 fully saturated rings. The molecule has 180 valence electrons. The molecule has 2 aliphatic heterocycles. The number of likely N-dealkylation sites (tertiary alicyclic amines) is 1. The summed E-state index contributed by atoms with van der Waals surface area (Å²) in [4.78, 5) is 35.9. The van der Waals surface area contributed by atoms with Crippen molar-refractivity contribution in [2.24, 2.45) is 0 Å². The first-order chi connectivity index (χ1) is 16.0. The number of carboxylic acids is 2. The quantitative estimate of drug-likeness (QED) is 0.374. The Kier molecular flexibility index (Phi) is 7.48. The number of carbonyl (C=O) groups is 3. The van der Waals surface area contributed by atoms with Crippen LogP contribution in [-0.4, -0.2) is 60.0 Å². The maximum absolute atomic E-state index is 12.1. The van der Waals surface area contributed by atoms with Gasteiger partial charge in [-0.15, -0.1) is 0 Å². The lowest BCUT2D eigenvalue weighted by Crippen LogP contribution is -2.45. The van der Waals surface area contributed by atoms with Crippen molar-refractivity contribution in [2.75, 3.05) is 25.5 Å². The van der Waals surface area contributed by atoms with Crippen LogP contribution in [0.4, 0.5) is 10.5 Å². The Morgan fingerprint density at radius 1 is 1.00 bits per heavy atom. The number of aliphatic carboxylic acids is 2. The van der Waals surface area contributed by atoms with Crippen LogP contribution in [0, 0.1) is 0 Å². The van der Waals surface area contributed by atoms with Gasteiger partial charge in [-0.2, -0.15) is 0 Å². The molecule has 10 heteroatoms. The van der Waals surface area contributed by atoms with Gasteiger partial charge in [0.15, 0.2) is 0 Å². The minimum atomic E-state index is -1.26. The molecule has 2 N–H and O–H groups in total. The summed E-state index contributed by atoms with van der Waals surface area (Å²) >= 11 is 5.83. The van der Waals surface area contributed by atoms with Crippen molar-refractivity contribution in [3.63, 3.8) is 0 Å². The van der Waals surface area contributed by atoms with Gasteiger partial charge < -0.3 is 24.6 Å². The predicted octanol–water partition coefficient (Wildman–Crippen LogP) is 4.00. The number of rotatable bonds is 4. The normalized spacial score (nSPS) is 20.8. The molecule has 0 unspecified atom stereocenters. The summed E-state index contributed by atoms with van der Waals surface area (Å²) in [5, 5.41) is 16.2. The van der Waals surface area contributed by atoms with Gasteiger partial charge in [0.05, 0.1) is 6.17 Å². The monoisotopic (exact) mass is 488 g/mol. The van der Waals surface area contributed by atoms with Crippen LogP contribution in [-0.2, 0) is 15.0 Å². The molecule has 0 aliphatic carbocycles. The third-order valence-corrected chi connectivity index (χ3v) is 6.14. The topological polar surface area (TPSA) is 117 Å². The average molecular weight is 489 g/mol. The molecule has 0 saturated carbocycles. The second kappa shape index (κ2) is 10.1. The lowest BCUT2D eigenvalue weighted by Gasteiger charge is -2.32. The number of likely N-dealkylation sites (N-methyl/N-ethyl adjacent to an activating group) is 2. The van der Waals surface area contributed by atoms with E-state index >= 15 is 0 Å². The van der Waals surface area contributed by atoms with Crippen LogP contribution in [0.1, 0.15) is 18.9 Å². The third kappa shape index (κ3) is 5.49. The first-order valence-corrected chi connectivity index (χ1v) is 10.8. The lowest BCUT2D eigenvalue weighted by molar-refractivity contribution is -0.134. The smallest absolute Gasteiger partial charge is 0.478 e. The van der Waals surface area contributed by atoms with Crippen molar-refractivity contribution in [3.05, 3.63) is 65.2 Å². The maximum Gasteiger partial charge on any atom is 0.519 e. The van der Waals surface area contributed by atoms with Crippen molar-refractivity contribution in [3.8, 4) is 11.5 Å². The molecule has 0 bridgehead atoms. The zero-order chi connectivity index (χ0) is 25.0. The Hall–Kier alpha value is -3.56. The van der Waals surface area contributed by atoms with Crippen molar-refractivity contribution in [2.45, 2.75) is 24.9 Å². The fourth-order valence-corrected chi connectivity index (χ4v) is 4.60. The van der Waals surface area contributed by atoms with E-state index in [1.165, 1.54) is 11.3 Å². The highest BCUT2D eigenvalue weighted by atomic mass is 35.5. The first kappa shape index (κ1) is 25.1. The van der Waals surface area contributed by atoms with E-state index in [4.69, 9.17) is 31.3 Å². The van der Waals surface area contributed by atoms with E-state index in [9.17, 15) is 14.4 Å². The van der Waals surface area contributed by atoms with Gasteiger partial charge in [0.2, 0.25) is 0 Å². The number of ether oxygens (including phenoxy) is 2. The molecule has 1 saturated heterocycles. The minimum Gasteiger partial charge on any atom is -0.478 e. The van der Waals surface area contributed by atoms with E-state index in [1.807, 2.05) is 18.2 Å². The largest absolute Gasteiger partial charge is 0.519 e. The molecule has 2 atom stereocenters. The highest BCUT2D eigenvalue weighted by Crippen LogP contribution is 2.51. The Bertz CT molecular complexity index is 1100. The Morgan fingerprint density at radius 2 is 1.56 bits per heavy atom. The number of nitrogens with zero attached hydrogens (tertiary/aromatic N) is 2. The summed E-state index contributed by atoms with van der Waals surface area (Å²) in [5.74, 6) is -1.63. The van der Waals surface area contributed by atoms with Crippen LogP contribution in [0.15, 0.2) is 54.6 Å². The van der Waals surface area contributed by atoms with Crippen LogP contribution < -0.4 is 14.4 Å². The van der Waals surface area contributed by atoms with Gasteiger partial charge in [0.25, 0.3) is 0 Å². The summed E-state index contributed by atoms with van der Waals surface area (Å²) in [6.07, 6.45) is 1.76. The van der Waals surface area contributed by atoms with Crippen LogP contribution in [0.5, 0.6) is 11.5 Å². The number of hydrogen-bond donors (Lipinski definition) is 2. The molecular weight excluding hydrogens is 464 g/mol. The first-order valence-electron chi connectivity index (χ1n) is 10.4. The Balaban J connectivity index is 0.000000350. The molecule has 0 aromatic heterocycles. The summed E-state index contributed by atoms with van der Waals surface area (Å²) in [6.45, 7) is 3.33. The van der Waals surface area contributed by atoms with Gasteiger partial charge in [-0.3, -0.25) is 4.90 Å². The van der Waals surface area contributed by atoms with E-state index in [0.29, 0.717) is 34.8 Å². The number of halogens is 1. The zero-order valence-corrected chi connectivity index (χ0v) is 19.7. The molecule has 0 amide bonds. The van der Waals surface area contributed by atoms with E-state index in [0.717, 1.165) is 13.0 Å². The van der Waals surface area contributed by atoms with Crippen LogP contribution in [0.2, 0.25) is 5.02 Å². The molecule has 2 aromatic carbocycles. The fourth-order valence-electron chi connectivity index (χ4n) is 4.48. The standard InChI is InChI=1S/C20H21ClN2O3.C4H4O4/c1-20-10-11-22(2)18(20)23(3)17-9-8-15(12-16(17)20)26-19(24)25-14-6-4-13(21)5-7-14;5-3(6)1-2-4(7)8/h4-9,12,18H,10-11H2,1-3H3;1-2H,(H,5,6)(H,7,8)/t18-,20+;/m1./s1. The van der Waals surface area contributed by atoms with Crippen molar-refractivity contribution in [1.29, 1.82) is 0 Å². The number of carbonyl (C=O) groups excluding carboxylic acids is 1. The number of hydrogen-bond acceptors (Lipinski definition) is 7. The van der Waals surface area contributed by atoms with E-state index in [-0.39, 0.29) is 5.41 Å². The highest BCUT2D eigenvalue weighted by Gasteiger charge is 2.52. The van der Waals surface area contributed by atoms with Gasteiger partial charge >= 0.3 is 18.1 Å². The van der Waals surface area contributed by atoms with Crippen LogP contribution >= 0.6 is 11.6 Å². The molecule has 0 radical (unpaired) electrons. The molecule has 2 heterocycles. The predicted molar refractivity (Wildman–Crippen MR) is 126 cm³/mol. The summed E-state index contributed by atoms with van der Waals surface area (Å²) in [7, 11) is 4.27. The number of carboxylic acid groups (broad SMARTS) is 2. The molecule has 0 spiro atoms. The molecule has 4 rings (SSSR count). The maximum atomic E-state index is 12.1. The van der Waals surface area contributed by atoms with E-state index < -0.39 is 18.1 Å². The van der Waals surface area contributed by atoms with Crippen LogP contribution in [0.3, 0.4) is 0 Å². The summed E-state index contributed by atoms with van der Waals surface area (Å²) in [6, 6.07) is 12.4. The molecule has 2 aliphatic rings. The second-order valence-corrected chi connectivity index (χ2v) is 8.67. The molecule has 34 heavy (non-hydrogen) atoms. The van der Waals surface area contributed by atoms with Crippen LogP contribution in [0.25, 0.3) is 0 Å². The summed E-state index contributed by atoms with van der Waals surface area (Å²) in [5.41, 5.74) is 2.42. The SMILES string of the molecule is CN1CC[C@@]2(C)c3cc(OC(=O)Oc4ccc(Cl)cc4)ccc3N(C)[C@@H]12.O=C(O)C=CC(=O)O. The van der Waals surface area contributed by atoms with Crippen molar-refractivity contribution >= 4 is 35.4 Å². The van der Waals surface area contributed by atoms with E-state index in [1.54, 1.807) is 24.3 Å². The second-order valence-electron chi connectivity index (χ2n) is 8.23. The zero-order valence-electron chi connectivity index (χ0n) is 18.9. The number of benzene rings is 2. The number of fused-ring (bicyclic) bond motifs is 3. The highest BCUT2D eigenvalue weighted by molar-refractivity contribution is 6.30. The van der Waals surface area contributed by atoms with E-state index in [2.05, 4.69) is 30.8 Å². The van der Waals surface area contributed by atoms with Gasteiger partial charge in [-0.05, 0) is 61.5 Å². The molecular formula is C24H25ClN2O7. The van der Waals surface area contributed by atoms with Gasteiger partial charge in [-0.25, -0.2) is 14.4 Å². The van der Waals surface area contributed by atoms with Crippen molar-refractivity contribution in [1.82, 2.24) is 4.90 Å². The lowest BCUT2D eigenvalue weighted by atomic mass is 9.81. The van der Waals surface area contributed by atoms with Crippen molar-refractivity contribution < 1.29 is 34.1 Å². The minimum absolute atomic E-state index is 0.0261. The summed E-state index contributed by atoms with van der Waals surface area (Å²) < 4.78 is 10.6. The average Bonchev–Trinajstić information content (AvgIpc) is 3.20. The fraction of sp³-hybridized carbons (Fsp3) is 0.292. The Morgan fingerprint density at radius 3 is 2.15 bits per heavy atom. The number of anilines is 1. The Labute approximate surface area is 201 Å². The molecule has 2 aromatic rings. The van der Waals surface area contributed by atoms with Gasteiger partial charge in [-0.1, -0.05) is 18.5 Å².